The molecule has 0 aliphatic carbocycles. The summed E-state index contributed by atoms with van der Waals surface area (Å²) < 4.78 is 0.947. The largest absolute Gasteiger partial charge is 0.480 e. The summed E-state index contributed by atoms with van der Waals surface area (Å²) >= 11 is 3.32. The van der Waals surface area contributed by atoms with Crippen molar-refractivity contribution in [3.8, 4) is 0 Å². The minimum atomic E-state index is -0.974. The molecule has 0 spiro atoms. The molecule has 19 heavy (non-hydrogen) atoms. The molecule has 0 radical (unpaired) electrons. The lowest BCUT2D eigenvalue weighted by Crippen LogP contribution is -2.41. The molecular formula is C14H18BrNO3. The molecule has 1 atom stereocenters. The molecule has 4 nitrogen and oxygen atoms in total. The van der Waals surface area contributed by atoms with Crippen LogP contribution in [0, 0.1) is 0 Å². The summed E-state index contributed by atoms with van der Waals surface area (Å²) in [5.41, 5.74) is 0.861. The summed E-state index contributed by atoms with van der Waals surface area (Å²) in [6, 6.07) is 6.60. The first kappa shape index (κ1) is 15.7. The molecule has 1 unspecified atom stereocenters. The third-order valence-corrected chi connectivity index (χ3v) is 3.29. The highest BCUT2D eigenvalue weighted by Crippen LogP contribution is 2.11. The van der Waals surface area contributed by atoms with Gasteiger partial charge in [-0.15, -0.1) is 0 Å². The van der Waals surface area contributed by atoms with Gasteiger partial charge in [-0.05, 0) is 24.1 Å². The van der Waals surface area contributed by atoms with Crippen LogP contribution < -0.4 is 5.32 Å². The van der Waals surface area contributed by atoms with Gasteiger partial charge in [0.25, 0.3) is 0 Å². The predicted octanol–water partition coefficient (Wildman–Crippen LogP) is 2.75. The van der Waals surface area contributed by atoms with Gasteiger partial charge in [-0.3, -0.25) is 4.79 Å². The molecule has 0 bridgehead atoms. The van der Waals surface area contributed by atoms with Gasteiger partial charge in [-0.25, -0.2) is 4.79 Å². The van der Waals surface area contributed by atoms with Crippen LogP contribution >= 0.6 is 15.9 Å². The van der Waals surface area contributed by atoms with Crippen LogP contribution in [-0.4, -0.2) is 23.0 Å². The van der Waals surface area contributed by atoms with Gasteiger partial charge in [0, 0.05) is 4.47 Å². The van der Waals surface area contributed by atoms with Crippen molar-refractivity contribution in [3.05, 3.63) is 34.3 Å². The van der Waals surface area contributed by atoms with Crippen molar-refractivity contribution in [2.45, 2.75) is 38.6 Å². The first-order chi connectivity index (χ1) is 9.02. The Morgan fingerprint density at radius 2 is 1.95 bits per heavy atom. The SMILES string of the molecule is CCCCC(NC(=O)Cc1ccc(Br)cc1)C(=O)O. The van der Waals surface area contributed by atoms with Crippen molar-refractivity contribution in [1.82, 2.24) is 5.32 Å². The van der Waals surface area contributed by atoms with Crippen LogP contribution in [0.3, 0.4) is 0 Å². The van der Waals surface area contributed by atoms with Crippen LogP contribution in [0.2, 0.25) is 0 Å². The van der Waals surface area contributed by atoms with Crippen molar-refractivity contribution in [2.75, 3.05) is 0 Å². The lowest BCUT2D eigenvalue weighted by atomic mass is 10.1. The average Bonchev–Trinajstić information content (AvgIpc) is 2.37. The molecular weight excluding hydrogens is 310 g/mol. The van der Waals surface area contributed by atoms with Crippen LogP contribution in [0.1, 0.15) is 31.7 Å². The third kappa shape index (κ3) is 5.87. The van der Waals surface area contributed by atoms with Crippen molar-refractivity contribution >= 4 is 27.8 Å². The highest BCUT2D eigenvalue weighted by atomic mass is 79.9. The Balaban J connectivity index is 2.52. The molecule has 0 saturated carbocycles. The van der Waals surface area contributed by atoms with Gasteiger partial charge in [0.15, 0.2) is 0 Å². The number of hydrogen-bond donors (Lipinski definition) is 2. The first-order valence-corrected chi connectivity index (χ1v) is 7.09. The number of halogens is 1. The molecule has 0 aliphatic rings. The van der Waals surface area contributed by atoms with Crippen LogP contribution in [0.15, 0.2) is 28.7 Å². The maximum Gasteiger partial charge on any atom is 0.326 e. The topological polar surface area (TPSA) is 66.4 Å². The lowest BCUT2D eigenvalue weighted by molar-refractivity contribution is -0.142. The Hall–Kier alpha value is -1.36. The van der Waals surface area contributed by atoms with Gasteiger partial charge in [-0.1, -0.05) is 47.8 Å². The van der Waals surface area contributed by atoms with E-state index in [-0.39, 0.29) is 12.3 Å². The van der Waals surface area contributed by atoms with Crippen LogP contribution in [0.25, 0.3) is 0 Å². The van der Waals surface area contributed by atoms with Gasteiger partial charge >= 0.3 is 5.97 Å². The highest BCUT2D eigenvalue weighted by molar-refractivity contribution is 9.10. The van der Waals surface area contributed by atoms with Gasteiger partial charge in [0.2, 0.25) is 5.91 Å². The molecule has 0 aliphatic heterocycles. The maximum absolute atomic E-state index is 11.8. The van der Waals surface area contributed by atoms with Gasteiger partial charge in [0.1, 0.15) is 6.04 Å². The lowest BCUT2D eigenvalue weighted by Gasteiger charge is -2.14. The summed E-state index contributed by atoms with van der Waals surface area (Å²) in [7, 11) is 0. The average molecular weight is 328 g/mol. The number of unbranched alkanes of at least 4 members (excludes halogenated alkanes) is 1. The molecule has 1 rings (SSSR count). The molecule has 104 valence electrons. The predicted molar refractivity (Wildman–Crippen MR) is 76.9 cm³/mol. The van der Waals surface area contributed by atoms with E-state index in [1.807, 2.05) is 31.2 Å². The van der Waals surface area contributed by atoms with Crippen LogP contribution in [-0.2, 0) is 16.0 Å². The van der Waals surface area contributed by atoms with Gasteiger partial charge in [-0.2, -0.15) is 0 Å². The Morgan fingerprint density at radius 1 is 1.32 bits per heavy atom. The van der Waals surface area contributed by atoms with Gasteiger partial charge in [0.05, 0.1) is 6.42 Å². The van der Waals surface area contributed by atoms with Crippen LogP contribution in [0.5, 0.6) is 0 Å². The molecule has 1 aromatic carbocycles. The number of hydrogen-bond acceptors (Lipinski definition) is 2. The zero-order valence-electron chi connectivity index (χ0n) is 10.9. The second kappa shape index (κ2) is 7.94. The van der Waals surface area contributed by atoms with E-state index in [9.17, 15) is 9.59 Å². The van der Waals surface area contributed by atoms with E-state index in [0.29, 0.717) is 6.42 Å². The minimum absolute atomic E-state index is 0.198. The first-order valence-electron chi connectivity index (χ1n) is 6.29. The molecule has 0 heterocycles. The quantitative estimate of drug-likeness (QED) is 0.809. The normalized spacial score (nSPS) is 11.9. The standard InChI is InChI=1S/C14H18BrNO3/c1-2-3-4-12(14(18)19)16-13(17)9-10-5-7-11(15)8-6-10/h5-8,12H,2-4,9H2,1H3,(H,16,17)(H,18,19). The van der Waals surface area contributed by atoms with E-state index >= 15 is 0 Å². The fourth-order valence-electron chi connectivity index (χ4n) is 1.70. The molecule has 0 fully saturated rings. The zero-order chi connectivity index (χ0) is 14.3. The molecule has 1 amide bonds. The number of amides is 1. The highest BCUT2D eigenvalue weighted by Gasteiger charge is 2.19. The molecule has 5 heteroatoms. The minimum Gasteiger partial charge on any atom is -0.480 e. The van der Waals surface area contributed by atoms with Crippen molar-refractivity contribution in [1.29, 1.82) is 0 Å². The number of carboxylic acid groups (broad SMARTS) is 1. The molecule has 2 N–H and O–H groups in total. The Bertz CT molecular complexity index is 431. The van der Waals surface area contributed by atoms with E-state index in [0.717, 1.165) is 22.9 Å². The number of carbonyl (C=O) groups excluding carboxylic acids is 1. The number of aliphatic carboxylic acids is 1. The summed E-state index contributed by atoms with van der Waals surface area (Å²) in [4.78, 5) is 22.8. The fourth-order valence-corrected chi connectivity index (χ4v) is 1.96. The zero-order valence-corrected chi connectivity index (χ0v) is 12.4. The second-order valence-electron chi connectivity index (χ2n) is 4.40. The van der Waals surface area contributed by atoms with E-state index in [4.69, 9.17) is 5.11 Å². The number of carbonyl (C=O) groups is 2. The summed E-state index contributed by atoms with van der Waals surface area (Å²) in [5.74, 6) is -1.23. The monoisotopic (exact) mass is 327 g/mol. The Kier molecular flexibility index (Phi) is 6.56. The Labute approximate surface area is 121 Å². The van der Waals surface area contributed by atoms with Crippen molar-refractivity contribution in [3.63, 3.8) is 0 Å². The third-order valence-electron chi connectivity index (χ3n) is 2.76. The van der Waals surface area contributed by atoms with Crippen molar-refractivity contribution < 1.29 is 14.7 Å². The van der Waals surface area contributed by atoms with Crippen molar-refractivity contribution in [2.24, 2.45) is 0 Å². The smallest absolute Gasteiger partial charge is 0.326 e. The molecule has 1 aromatic rings. The number of rotatable bonds is 7. The molecule has 0 aromatic heterocycles. The van der Waals surface area contributed by atoms with Gasteiger partial charge < -0.3 is 10.4 Å². The molecule has 0 saturated heterocycles. The second-order valence-corrected chi connectivity index (χ2v) is 5.32. The summed E-state index contributed by atoms with van der Waals surface area (Å²) in [6.45, 7) is 1.99. The summed E-state index contributed by atoms with van der Waals surface area (Å²) in [6.07, 6.45) is 2.36. The van der Waals surface area contributed by atoms with E-state index in [2.05, 4.69) is 21.2 Å². The number of nitrogens with one attached hydrogen (secondary N) is 1. The van der Waals surface area contributed by atoms with Crippen LogP contribution in [0.4, 0.5) is 0 Å². The Morgan fingerprint density at radius 3 is 2.47 bits per heavy atom. The van der Waals surface area contributed by atoms with E-state index in [1.165, 1.54) is 0 Å². The number of benzene rings is 1. The number of carboxylic acids is 1. The summed E-state index contributed by atoms with van der Waals surface area (Å²) in [5, 5.41) is 11.6. The fraction of sp³-hybridized carbons (Fsp3) is 0.429. The van der Waals surface area contributed by atoms with E-state index in [1.54, 1.807) is 0 Å². The maximum atomic E-state index is 11.8. The van der Waals surface area contributed by atoms with E-state index < -0.39 is 12.0 Å².